The van der Waals surface area contributed by atoms with Crippen molar-refractivity contribution >= 4 is 0 Å². The maximum atomic E-state index is 5.58. The van der Waals surface area contributed by atoms with E-state index in [0.29, 0.717) is 5.92 Å². The first-order valence-corrected chi connectivity index (χ1v) is 9.10. The molecule has 1 aliphatic carbocycles. The van der Waals surface area contributed by atoms with Crippen LogP contribution >= 0.6 is 0 Å². The smallest absolute Gasteiger partial charge is 0.221 e. The molecule has 1 saturated carbocycles. The van der Waals surface area contributed by atoms with Gasteiger partial charge in [0.2, 0.25) is 5.88 Å². The summed E-state index contributed by atoms with van der Waals surface area (Å²) in [5.74, 6) is 2.17. The number of nitrogens with zero attached hydrogens (tertiary/aromatic N) is 2. The number of ether oxygens (including phenoxy) is 1. The zero-order valence-electron chi connectivity index (χ0n) is 14.6. The molecule has 0 amide bonds. The van der Waals surface area contributed by atoms with Crippen molar-refractivity contribution in [2.45, 2.75) is 38.1 Å². The largest absolute Gasteiger partial charge is 0.481 e. The molecule has 2 fully saturated rings. The fraction of sp³-hybridized carbons (Fsp3) is 0.476. The molecule has 4 rings (SSSR count). The molecule has 3 nitrogen and oxygen atoms in total. The average molecular weight is 322 g/mol. The number of aromatic nitrogens is 1. The molecule has 1 aromatic heterocycles. The highest BCUT2D eigenvalue weighted by molar-refractivity contribution is 5.73. The molecule has 0 N–H and O–H groups in total. The van der Waals surface area contributed by atoms with Crippen LogP contribution in [0, 0.1) is 5.92 Å². The first kappa shape index (κ1) is 15.6. The summed E-state index contributed by atoms with van der Waals surface area (Å²) in [7, 11) is 1.72. The third-order valence-electron chi connectivity index (χ3n) is 5.69. The Labute approximate surface area is 144 Å². The molecule has 126 valence electrons. The van der Waals surface area contributed by atoms with Crippen LogP contribution in [0.1, 0.15) is 37.7 Å². The number of pyridine rings is 1. The van der Waals surface area contributed by atoms with Crippen LogP contribution in [0.3, 0.4) is 0 Å². The summed E-state index contributed by atoms with van der Waals surface area (Å²) < 4.78 is 5.58. The van der Waals surface area contributed by atoms with Gasteiger partial charge in [0.25, 0.3) is 0 Å². The van der Waals surface area contributed by atoms with E-state index in [1.54, 1.807) is 7.11 Å². The highest BCUT2D eigenvalue weighted by Gasteiger charge is 2.42. The molecule has 2 aliphatic rings. The second kappa shape index (κ2) is 6.56. The predicted molar refractivity (Wildman–Crippen MR) is 97.3 cm³/mol. The molecule has 0 bridgehead atoms. The highest BCUT2D eigenvalue weighted by atomic mass is 16.5. The van der Waals surface area contributed by atoms with Gasteiger partial charge >= 0.3 is 0 Å². The number of methoxy groups -OCH3 is 1. The minimum absolute atomic E-state index is 0.643. The first-order valence-electron chi connectivity index (χ1n) is 9.10. The van der Waals surface area contributed by atoms with Gasteiger partial charge in [-0.2, -0.15) is 0 Å². The zero-order chi connectivity index (χ0) is 16.5. The molecule has 0 radical (unpaired) electrons. The monoisotopic (exact) mass is 322 g/mol. The van der Waals surface area contributed by atoms with Gasteiger partial charge in [0.1, 0.15) is 0 Å². The summed E-state index contributed by atoms with van der Waals surface area (Å²) >= 11 is 0. The predicted octanol–water partition coefficient (Wildman–Crippen LogP) is 4.35. The van der Waals surface area contributed by atoms with Crippen LogP contribution in [0.15, 0.2) is 42.6 Å². The molecule has 1 saturated heterocycles. The lowest BCUT2D eigenvalue weighted by Crippen LogP contribution is -2.29. The second-order valence-corrected chi connectivity index (χ2v) is 7.24. The molecule has 1 aromatic carbocycles. The number of hydrogen-bond acceptors (Lipinski definition) is 3. The second-order valence-electron chi connectivity index (χ2n) is 7.24. The van der Waals surface area contributed by atoms with Crippen molar-refractivity contribution in [3.8, 4) is 17.0 Å². The summed E-state index contributed by atoms with van der Waals surface area (Å²) in [6, 6.07) is 13.5. The van der Waals surface area contributed by atoms with Gasteiger partial charge in [-0.05, 0) is 61.8 Å². The number of rotatable bonds is 5. The van der Waals surface area contributed by atoms with E-state index in [2.05, 4.69) is 53.2 Å². The fourth-order valence-electron chi connectivity index (χ4n) is 4.21. The normalized spacial score (nSPS) is 26.5. The first-order chi connectivity index (χ1) is 11.8. The molecule has 3 atom stereocenters. The SMILES string of the molecule is COc1nccc([C@H]2CC2CN2CCC[C@@H]2C)c1-c1ccccc1. The summed E-state index contributed by atoms with van der Waals surface area (Å²) in [6.07, 6.45) is 5.90. The maximum absolute atomic E-state index is 5.58. The van der Waals surface area contributed by atoms with E-state index in [1.807, 2.05) is 6.20 Å². The van der Waals surface area contributed by atoms with E-state index in [0.717, 1.165) is 17.8 Å². The third-order valence-corrected chi connectivity index (χ3v) is 5.69. The van der Waals surface area contributed by atoms with Crippen LogP contribution in [-0.2, 0) is 0 Å². The number of likely N-dealkylation sites (tertiary alicyclic amines) is 1. The number of benzene rings is 1. The van der Waals surface area contributed by atoms with E-state index >= 15 is 0 Å². The fourth-order valence-corrected chi connectivity index (χ4v) is 4.21. The third kappa shape index (κ3) is 2.93. The summed E-state index contributed by atoms with van der Waals surface area (Å²) in [5.41, 5.74) is 3.80. The zero-order valence-corrected chi connectivity index (χ0v) is 14.6. The van der Waals surface area contributed by atoms with E-state index in [4.69, 9.17) is 4.74 Å². The van der Waals surface area contributed by atoms with E-state index in [1.165, 1.54) is 49.0 Å². The molecular formula is C21H26N2O. The lowest BCUT2D eigenvalue weighted by atomic mass is 9.97. The minimum Gasteiger partial charge on any atom is -0.481 e. The van der Waals surface area contributed by atoms with E-state index in [-0.39, 0.29) is 0 Å². The summed E-state index contributed by atoms with van der Waals surface area (Å²) in [5, 5.41) is 0. The Morgan fingerprint density at radius 2 is 2.04 bits per heavy atom. The molecule has 1 aliphatic heterocycles. The number of hydrogen-bond donors (Lipinski definition) is 0. The molecular weight excluding hydrogens is 296 g/mol. The van der Waals surface area contributed by atoms with Crippen molar-refractivity contribution in [1.29, 1.82) is 0 Å². The van der Waals surface area contributed by atoms with Gasteiger partial charge in [-0.3, -0.25) is 0 Å². The standard InChI is InChI=1S/C21H26N2O/c1-15-7-6-12-23(15)14-17-13-19(17)18-10-11-22-21(24-2)20(18)16-8-4-3-5-9-16/h3-5,8-11,15,17,19H,6-7,12-14H2,1-2H3/t15-,17?,19-/m0/s1. The Morgan fingerprint density at radius 3 is 2.75 bits per heavy atom. The van der Waals surface area contributed by atoms with Crippen molar-refractivity contribution in [2.24, 2.45) is 5.92 Å². The van der Waals surface area contributed by atoms with Gasteiger partial charge < -0.3 is 9.64 Å². The average Bonchev–Trinajstić information content (AvgIpc) is 3.28. The van der Waals surface area contributed by atoms with Crippen LogP contribution in [0.2, 0.25) is 0 Å². The molecule has 2 aromatic rings. The van der Waals surface area contributed by atoms with Gasteiger partial charge in [-0.25, -0.2) is 4.98 Å². The topological polar surface area (TPSA) is 25.4 Å². The van der Waals surface area contributed by atoms with Gasteiger partial charge in [-0.15, -0.1) is 0 Å². The Morgan fingerprint density at radius 1 is 1.21 bits per heavy atom. The molecule has 0 spiro atoms. The van der Waals surface area contributed by atoms with Crippen molar-refractivity contribution < 1.29 is 4.74 Å². The van der Waals surface area contributed by atoms with Gasteiger partial charge in [0, 0.05) is 24.3 Å². The lowest BCUT2D eigenvalue weighted by molar-refractivity contribution is 0.256. The molecule has 3 heteroatoms. The van der Waals surface area contributed by atoms with Crippen LogP contribution in [0.4, 0.5) is 0 Å². The Balaban J connectivity index is 1.60. The Bertz CT molecular complexity index is 700. The Hall–Kier alpha value is -1.87. The quantitative estimate of drug-likeness (QED) is 0.818. The van der Waals surface area contributed by atoms with Crippen molar-refractivity contribution in [3.63, 3.8) is 0 Å². The van der Waals surface area contributed by atoms with Gasteiger partial charge in [0.15, 0.2) is 0 Å². The van der Waals surface area contributed by atoms with Crippen molar-refractivity contribution in [1.82, 2.24) is 9.88 Å². The van der Waals surface area contributed by atoms with Crippen molar-refractivity contribution in [2.75, 3.05) is 20.2 Å². The van der Waals surface area contributed by atoms with Crippen LogP contribution in [0.5, 0.6) is 5.88 Å². The van der Waals surface area contributed by atoms with Gasteiger partial charge in [-0.1, -0.05) is 30.3 Å². The molecule has 1 unspecified atom stereocenters. The minimum atomic E-state index is 0.643. The van der Waals surface area contributed by atoms with Gasteiger partial charge in [0.05, 0.1) is 7.11 Å². The molecule has 2 heterocycles. The maximum Gasteiger partial charge on any atom is 0.221 e. The summed E-state index contributed by atoms with van der Waals surface area (Å²) in [6.45, 7) is 4.88. The summed E-state index contributed by atoms with van der Waals surface area (Å²) in [4.78, 5) is 7.12. The van der Waals surface area contributed by atoms with E-state index in [9.17, 15) is 0 Å². The highest BCUT2D eigenvalue weighted by Crippen LogP contribution is 2.52. The molecule has 24 heavy (non-hydrogen) atoms. The van der Waals surface area contributed by atoms with Crippen LogP contribution < -0.4 is 4.74 Å². The van der Waals surface area contributed by atoms with E-state index < -0.39 is 0 Å². The van der Waals surface area contributed by atoms with Crippen LogP contribution in [-0.4, -0.2) is 36.1 Å². The Kier molecular flexibility index (Phi) is 4.28. The van der Waals surface area contributed by atoms with Crippen molar-refractivity contribution in [3.05, 3.63) is 48.2 Å². The van der Waals surface area contributed by atoms with Crippen LogP contribution in [0.25, 0.3) is 11.1 Å². The lowest BCUT2D eigenvalue weighted by Gasteiger charge is -2.21.